The first-order chi connectivity index (χ1) is 10.5. The van der Waals surface area contributed by atoms with Gasteiger partial charge in [0, 0.05) is 0 Å². The number of furan rings is 1. The van der Waals surface area contributed by atoms with Crippen LogP contribution in [0.15, 0.2) is 40.8 Å². The molecule has 2 unspecified atom stereocenters. The van der Waals surface area contributed by atoms with E-state index in [0.717, 1.165) is 5.75 Å². The van der Waals surface area contributed by atoms with Gasteiger partial charge in [0.2, 0.25) is 0 Å². The lowest BCUT2D eigenvalue weighted by molar-refractivity contribution is 0.0903. The Balaban J connectivity index is 1.83. The number of amides is 1. The molecule has 0 fully saturated rings. The maximum Gasteiger partial charge on any atom is 0.287 e. The van der Waals surface area contributed by atoms with E-state index in [4.69, 9.17) is 20.8 Å². The first kappa shape index (κ1) is 16.4. The van der Waals surface area contributed by atoms with Crippen molar-refractivity contribution in [1.82, 2.24) is 5.32 Å². The fraction of sp³-hybridized carbons (Fsp3) is 0.353. The van der Waals surface area contributed by atoms with Crippen LogP contribution in [0.4, 0.5) is 0 Å². The van der Waals surface area contributed by atoms with Crippen molar-refractivity contribution in [2.75, 3.05) is 6.54 Å². The van der Waals surface area contributed by atoms with Crippen LogP contribution in [0.5, 0.6) is 5.75 Å². The summed E-state index contributed by atoms with van der Waals surface area (Å²) in [5.41, 5.74) is 1.18. The third-order valence-corrected chi connectivity index (χ3v) is 3.37. The van der Waals surface area contributed by atoms with Gasteiger partial charge in [0.05, 0.1) is 11.9 Å². The lowest BCUT2D eigenvalue weighted by atomic mass is 10.2. The normalized spacial score (nSPS) is 13.5. The Morgan fingerprint density at radius 1 is 1.23 bits per heavy atom. The van der Waals surface area contributed by atoms with Crippen molar-refractivity contribution >= 4 is 17.5 Å². The highest BCUT2D eigenvalue weighted by atomic mass is 35.5. The molecule has 1 aromatic carbocycles. The van der Waals surface area contributed by atoms with Crippen molar-refractivity contribution in [3.05, 3.63) is 53.5 Å². The van der Waals surface area contributed by atoms with Crippen molar-refractivity contribution in [3.63, 3.8) is 0 Å². The summed E-state index contributed by atoms with van der Waals surface area (Å²) in [6.45, 7) is 6.10. The van der Waals surface area contributed by atoms with Gasteiger partial charge in [-0.25, -0.2) is 0 Å². The second-order valence-corrected chi connectivity index (χ2v) is 5.92. The van der Waals surface area contributed by atoms with Crippen LogP contribution in [-0.2, 0) is 0 Å². The molecule has 1 aromatic heterocycles. The fourth-order valence-corrected chi connectivity index (χ4v) is 2.02. The summed E-state index contributed by atoms with van der Waals surface area (Å²) in [4.78, 5) is 12.0. The Kier molecular flexibility index (Phi) is 5.50. The van der Waals surface area contributed by atoms with E-state index in [1.165, 1.54) is 5.56 Å². The first-order valence-corrected chi connectivity index (χ1v) is 7.64. The molecule has 0 saturated heterocycles. The summed E-state index contributed by atoms with van der Waals surface area (Å²) in [7, 11) is 0. The van der Waals surface area contributed by atoms with Gasteiger partial charge in [0.15, 0.2) is 5.76 Å². The van der Waals surface area contributed by atoms with Gasteiger partial charge in [0.1, 0.15) is 17.6 Å². The number of ether oxygens (including phenoxy) is 1. The van der Waals surface area contributed by atoms with Crippen molar-refractivity contribution in [2.45, 2.75) is 32.3 Å². The topological polar surface area (TPSA) is 51.5 Å². The van der Waals surface area contributed by atoms with Gasteiger partial charge in [-0.15, -0.1) is 11.6 Å². The number of hydrogen-bond donors (Lipinski definition) is 1. The molecule has 1 N–H and O–H groups in total. The van der Waals surface area contributed by atoms with Crippen LogP contribution >= 0.6 is 11.6 Å². The van der Waals surface area contributed by atoms with Gasteiger partial charge >= 0.3 is 0 Å². The summed E-state index contributed by atoms with van der Waals surface area (Å²) in [6, 6.07) is 11.1. The average molecular weight is 322 g/mol. The highest BCUT2D eigenvalue weighted by Crippen LogP contribution is 2.21. The van der Waals surface area contributed by atoms with E-state index in [0.29, 0.717) is 12.3 Å². The highest BCUT2D eigenvalue weighted by molar-refractivity contribution is 6.20. The Hall–Kier alpha value is -1.94. The van der Waals surface area contributed by atoms with Crippen LogP contribution in [0.2, 0.25) is 0 Å². The van der Waals surface area contributed by atoms with E-state index in [-0.39, 0.29) is 23.1 Å². The van der Waals surface area contributed by atoms with Crippen LogP contribution in [0, 0.1) is 6.92 Å². The largest absolute Gasteiger partial charge is 0.489 e. The minimum atomic E-state index is -0.275. The van der Waals surface area contributed by atoms with Crippen LogP contribution in [-0.4, -0.2) is 18.6 Å². The summed E-state index contributed by atoms with van der Waals surface area (Å²) in [5, 5.41) is 2.52. The van der Waals surface area contributed by atoms with E-state index in [1.807, 2.05) is 38.1 Å². The lowest BCUT2D eigenvalue weighted by Gasteiger charge is -2.15. The Bertz CT molecular complexity index is 619. The summed E-state index contributed by atoms with van der Waals surface area (Å²) >= 11 is 5.90. The van der Waals surface area contributed by atoms with E-state index in [1.54, 1.807) is 19.1 Å². The second kappa shape index (κ2) is 7.36. The van der Waals surface area contributed by atoms with Crippen LogP contribution < -0.4 is 10.1 Å². The van der Waals surface area contributed by atoms with Crippen LogP contribution in [0.25, 0.3) is 0 Å². The third-order valence-electron chi connectivity index (χ3n) is 3.15. The molecule has 5 heteroatoms. The molecule has 2 rings (SSSR count). The van der Waals surface area contributed by atoms with Crippen molar-refractivity contribution in [2.24, 2.45) is 0 Å². The van der Waals surface area contributed by atoms with E-state index in [9.17, 15) is 4.79 Å². The zero-order valence-electron chi connectivity index (χ0n) is 12.9. The number of hydrogen-bond acceptors (Lipinski definition) is 3. The molecule has 2 atom stereocenters. The predicted octanol–water partition coefficient (Wildman–Crippen LogP) is 4.09. The van der Waals surface area contributed by atoms with Gasteiger partial charge in [-0.05, 0) is 45.0 Å². The molecule has 22 heavy (non-hydrogen) atoms. The minimum absolute atomic E-state index is 0.145. The molecule has 0 bridgehead atoms. The molecule has 2 aromatic rings. The molecule has 0 aliphatic heterocycles. The van der Waals surface area contributed by atoms with Crippen molar-refractivity contribution in [3.8, 4) is 5.75 Å². The van der Waals surface area contributed by atoms with Crippen LogP contribution in [0.1, 0.15) is 41.1 Å². The molecule has 1 heterocycles. The predicted molar refractivity (Wildman–Crippen MR) is 86.6 cm³/mol. The molecule has 0 spiro atoms. The molecular weight excluding hydrogens is 302 g/mol. The van der Waals surface area contributed by atoms with Gasteiger partial charge in [-0.3, -0.25) is 4.79 Å². The molecule has 0 aliphatic carbocycles. The van der Waals surface area contributed by atoms with Gasteiger partial charge in [-0.2, -0.15) is 0 Å². The lowest BCUT2D eigenvalue weighted by Crippen LogP contribution is -2.33. The van der Waals surface area contributed by atoms with E-state index >= 15 is 0 Å². The highest BCUT2D eigenvalue weighted by Gasteiger charge is 2.14. The first-order valence-electron chi connectivity index (χ1n) is 7.21. The standard InChI is InChI=1S/C17H20ClNO3/c1-11-4-6-14(7-5-11)21-12(2)10-19-17(20)16-9-8-15(22-16)13(3)18/h4-9,12-13H,10H2,1-3H3,(H,19,20). The number of alkyl halides is 1. The summed E-state index contributed by atoms with van der Waals surface area (Å²) in [6.07, 6.45) is -0.145. The quantitative estimate of drug-likeness (QED) is 0.815. The third kappa shape index (κ3) is 4.53. The monoisotopic (exact) mass is 321 g/mol. The molecule has 0 aliphatic rings. The number of carbonyl (C=O) groups is 1. The van der Waals surface area contributed by atoms with E-state index < -0.39 is 0 Å². The molecule has 1 amide bonds. The molecular formula is C17H20ClNO3. The minimum Gasteiger partial charge on any atom is -0.489 e. The number of aryl methyl sites for hydroxylation is 1. The maximum atomic E-state index is 12.0. The SMILES string of the molecule is Cc1ccc(OC(C)CNC(=O)c2ccc(C(C)Cl)o2)cc1. The smallest absolute Gasteiger partial charge is 0.287 e. The summed E-state index contributed by atoms with van der Waals surface area (Å²) < 4.78 is 11.1. The average Bonchev–Trinajstić information content (AvgIpc) is 2.97. The number of halogens is 1. The van der Waals surface area contributed by atoms with Gasteiger partial charge < -0.3 is 14.5 Å². The second-order valence-electron chi connectivity index (χ2n) is 5.27. The number of carbonyl (C=O) groups excluding carboxylic acids is 1. The van der Waals surface area contributed by atoms with Crippen molar-refractivity contribution < 1.29 is 13.9 Å². The summed E-state index contributed by atoms with van der Waals surface area (Å²) in [5.74, 6) is 1.34. The van der Waals surface area contributed by atoms with Crippen molar-refractivity contribution in [1.29, 1.82) is 0 Å². The van der Waals surface area contributed by atoms with Crippen LogP contribution in [0.3, 0.4) is 0 Å². The number of rotatable bonds is 6. The van der Waals surface area contributed by atoms with Gasteiger partial charge in [-0.1, -0.05) is 17.7 Å². The zero-order chi connectivity index (χ0) is 16.1. The fourth-order valence-electron chi connectivity index (χ4n) is 1.90. The molecule has 4 nitrogen and oxygen atoms in total. The maximum absolute atomic E-state index is 12.0. The van der Waals surface area contributed by atoms with E-state index in [2.05, 4.69) is 5.32 Å². The molecule has 118 valence electrons. The van der Waals surface area contributed by atoms with Gasteiger partial charge in [0.25, 0.3) is 5.91 Å². The molecule has 0 radical (unpaired) electrons. The zero-order valence-corrected chi connectivity index (χ0v) is 13.7. The Morgan fingerprint density at radius 3 is 2.50 bits per heavy atom. The molecule has 0 saturated carbocycles. The number of benzene rings is 1. The Labute approximate surface area is 135 Å². The Morgan fingerprint density at radius 2 is 1.91 bits per heavy atom. The number of nitrogens with one attached hydrogen (secondary N) is 1.